The maximum absolute atomic E-state index is 11.5. The second kappa shape index (κ2) is 6.09. The largest absolute Gasteiger partial charge is 0.507 e. The second-order valence-corrected chi connectivity index (χ2v) is 3.15. The van der Waals surface area contributed by atoms with E-state index in [1.807, 2.05) is 5.48 Å². The van der Waals surface area contributed by atoms with Crippen molar-refractivity contribution in [2.75, 3.05) is 0 Å². The zero-order chi connectivity index (χ0) is 13.5. The number of nitrogens with two attached hydrogens (primary N) is 1. The zero-order valence-electron chi connectivity index (χ0n) is 9.51. The van der Waals surface area contributed by atoms with Crippen molar-refractivity contribution >= 4 is 17.8 Å². The van der Waals surface area contributed by atoms with Crippen molar-refractivity contribution in [1.82, 2.24) is 10.9 Å². The molecule has 8 nitrogen and oxygen atoms in total. The van der Waals surface area contributed by atoms with Crippen LogP contribution in [0, 0.1) is 0 Å². The summed E-state index contributed by atoms with van der Waals surface area (Å²) in [5.74, 6) is -1.76. The van der Waals surface area contributed by atoms with Gasteiger partial charge in [-0.05, 0) is 12.1 Å². The lowest BCUT2D eigenvalue weighted by Gasteiger charge is -2.05. The number of rotatable bonds is 2. The van der Waals surface area contributed by atoms with E-state index in [1.54, 1.807) is 12.1 Å². The van der Waals surface area contributed by atoms with Crippen LogP contribution >= 0.6 is 0 Å². The fourth-order valence-corrected chi connectivity index (χ4v) is 0.984. The van der Waals surface area contributed by atoms with Crippen molar-refractivity contribution in [1.29, 1.82) is 0 Å². The Kier molecular flexibility index (Phi) is 4.50. The molecular weight excluding hydrogens is 240 g/mol. The van der Waals surface area contributed by atoms with Crippen LogP contribution in [0.3, 0.4) is 0 Å². The van der Waals surface area contributed by atoms with Crippen molar-refractivity contribution in [2.45, 2.75) is 6.92 Å². The van der Waals surface area contributed by atoms with Crippen LogP contribution in [0.5, 0.6) is 5.75 Å². The molecule has 0 fully saturated rings. The van der Waals surface area contributed by atoms with E-state index < -0.39 is 11.9 Å². The molecule has 1 rings (SSSR count). The first kappa shape index (κ1) is 13.3. The van der Waals surface area contributed by atoms with Gasteiger partial charge in [-0.3, -0.25) is 9.59 Å². The lowest BCUT2D eigenvalue weighted by Crippen LogP contribution is -2.35. The van der Waals surface area contributed by atoms with Gasteiger partial charge in [0.1, 0.15) is 5.75 Å². The highest BCUT2D eigenvalue weighted by atomic mass is 16.7. The number of hydrogen-bond donors (Lipinski definition) is 4. The molecule has 0 saturated carbocycles. The summed E-state index contributed by atoms with van der Waals surface area (Å²) in [7, 11) is 0. The van der Waals surface area contributed by atoms with Gasteiger partial charge in [-0.25, -0.2) is 5.43 Å². The van der Waals surface area contributed by atoms with Gasteiger partial charge in [0.2, 0.25) is 5.96 Å². The topological polar surface area (TPSA) is 126 Å². The predicted octanol–water partition coefficient (Wildman–Crippen LogP) is -0.581. The summed E-state index contributed by atoms with van der Waals surface area (Å²) in [6.45, 7) is 1.17. The Morgan fingerprint density at radius 1 is 1.39 bits per heavy atom. The van der Waals surface area contributed by atoms with Gasteiger partial charge in [0.15, 0.2) is 0 Å². The molecule has 0 aliphatic carbocycles. The molecule has 1 aromatic carbocycles. The molecule has 8 heteroatoms. The predicted molar refractivity (Wildman–Crippen MR) is 62.1 cm³/mol. The summed E-state index contributed by atoms with van der Waals surface area (Å²) in [5.41, 5.74) is 9.39. The Balaban J connectivity index is 2.58. The number of phenols is 1. The number of phenolic OH excluding ortho intramolecular Hbond substituents is 1. The molecule has 1 aromatic rings. The molecule has 0 spiro atoms. The highest BCUT2D eigenvalue weighted by Gasteiger charge is 2.09. The molecule has 1 amide bonds. The highest BCUT2D eigenvalue weighted by Crippen LogP contribution is 2.14. The van der Waals surface area contributed by atoms with Gasteiger partial charge in [0.25, 0.3) is 5.91 Å². The quantitative estimate of drug-likeness (QED) is 0.317. The summed E-state index contributed by atoms with van der Waals surface area (Å²) >= 11 is 0. The minimum atomic E-state index is -0.652. The van der Waals surface area contributed by atoms with E-state index in [9.17, 15) is 14.7 Å². The highest BCUT2D eigenvalue weighted by molar-refractivity contribution is 5.97. The Morgan fingerprint density at radius 2 is 2.06 bits per heavy atom. The van der Waals surface area contributed by atoms with E-state index in [4.69, 9.17) is 5.73 Å². The number of carbonyl (C=O) groups is 2. The Morgan fingerprint density at radius 3 is 2.67 bits per heavy atom. The third-order valence-electron chi connectivity index (χ3n) is 1.73. The number of para-hydroxylation sites is 1. The monoisotopic (exact) mass is 252 g/mol. The van der Waals surface area contributed by atoms with Crippen LogP contribution in [0.2, 0.25) is 0 Å². The Hall–Kier alpha value is -2.77. The standard InChI is InChI=1S/C10H12N4O4/c1-6(15)18-14-10(11)13-12-9(17)7-4-2-3-5-8(7)16/h2-5,16H,1H3,(H,12,17)(H3,11,13,14). The van der Waals surface area contributed by atoms with Crippen LogP contribution < -0.4 is 16.6 Å². The number of hydrogen-bond acceptors (Lipinski definition) is 5. The fourth-order valence-electron chi connectivity index (χ4n) is 0.984. The molecular formula is C10H12N4O4. The smallest absolute Gasteiger partial charge is 0.329 e. The van der Waals surface area contributed by atoms with Crippen LogP contribution in [-0.4, -0.2) is 22.9 Å². The molecule has 0 bridgehead atoms. The van der Waals surface area contributed by atoms with Gasteiger partial charge in [-0.15, -0.1) is 5.10 Å². The van der Waals surface area contributed by atoms with Crippen LogP contribution in [0.4, 0.5) is 0 Å². The summed E-state index contributed by atoms with van der Waals surface area (Å²) < 4.78 is 0. The molecule has 18 heavy (non-hydrogen) atoms. The maximum atomic E-state index is 11.5. The molecule has 0 radical (unpaired) electrons. The Labute approximate surface area is 102 Å². The van der Waals surface area contributed by atoms with E-state index in [2.05, 4.69) is 15.4 Å². The van der Waals surface area contributed by atoms with Gasteiger partial charge in [0.05, 0.1) is 5.56 Å². The number of hydroxylamine groups is 1. The average Bonchev–Trinajstić information content (AvgIpc) is 2.34. The maximum Gasteiger partial charge on any atom is 0.329 e. The number of aromatic hydroxyl groups is 1. The van der Waals surface area contributed by atoms with E-state index in [0.29, 0.717) is 0 Å². The van der Waals surface area contributed by atoms with Gasteiger partial charge >= 0.3 is 5.97 Å². The van der Waals surface area contributed by atoms with Crippen molar-refractivity contribution in [2.24, 2.45) is 10.8 Å². The molecule has 0 saturated heterocycles. The number of guanidine groups is 1. The normalized spacial score (nSPS) is 10.6. The van der Waals surface area contributed by atoms with E-state index in [1.165, 1.54) is 19.1 Å². The summed E-state index contributed by atoms with van der Waals surface area (Å²) in [5, 5.41) is 12.8. The SMILES string of the molecule is CC(=O)ONC(N)=NNC(=O)c1ccccc1O. The number of nitrogens with one attached hydrogen (secondary N) is 2. The minimum absolute atomic E-state index is 0.0431. The average molecular weight is 252 g/mol. The van der Waals surface area contributed by atoms with Gasteiger partial charge in [-0.1, -0.05) is 12.1 Å². The lowest BCUT2D eigenvalue weighted by molar-refractivity contribution is -0.145. The molecule has 0 aliphatic heterocycles. The van der Waals surface area contributed by atoms with Crippen LogP contribution in [0.1, 0.15) is 17.3 Å². The Bertz CT molecular complexity index is 487. The van der Waals surface area contributed by atoms with Gasteiger partial charge in [0, 0.05) is 6.92 Å². The number of benzene rings is 1. The minimum Gasteiger partial charge on any atom is -0.507 e. The van der Waals surface area contributed by atoms with Crippen LogP contribution in [0.15, 0.2) is 29.4 Å². The van der Waals surface area contributed by atoms with Gasteiger partial charge in [-0.2, -0.15) is 5.48 Å². The molecule has 0 aromatic heterocycles. The molecule has 96 valence electrons. The number of carbonyl (C=O) groups excluding carboxylic acids is 2. The molecule has 0 aliphatic rings. The van der Waals surface area contributed by atoms with Crippen LogP contribution in [-0.2, 0) is 9.63 Å². The summed E-state index contributed by atoms with van der Waals surface area (Å²) in [6.07, 6.45) is 0. The first-order chi connectivity index (χ1) is 8.50. The van der Waals surface area contributed by atoms with E-state index >= 15 is 0 Å². The first-order valence-corrected chi connectivity index (χ1v) is 4.85. The van der Waals surface area contributed by atoms with Gasteiger partial charge < -0.3 is 15.7 Å². The third-order valence-corrected chi connectivity index (χ3v) is 1.73. The van der Waals surface area contributed by atoms with E-state index in [-0.39, 0.29) is 17.3 Å². The molecule has 5 N–H and O–H groups in total. The third kappa shape index (κ3) is 4.00. The van der Waals surface area contributed by atoms with Crippen LogP contribution in [0.25, 0.3) is 0 Å². The number of hydrazone groups is 1. The first-order valence-electron chi connectivity index (χ1n) is 4.85. The zero-order valence-corrected chi connectivity index (χ0v) is 9.51. The molecule has 0 unspecified atom stereocenters. The lowest BCUT2D eigenvalue weighted by atomic mass is 10.2. The summed E-state index contributed by atoms with van der Waals surface area (Å²) in [6, 6.07) is 5.93. The summed E-state index contributed by atoms with van der Waals surface area (Å²) in [4.78, 5) is 26.3. The number of nitrogens with zero attached hydrogens (tertiary/aromatic N) is 1. The van der Waals surface area contributed by atoms with E-state index in [0.717, 1.165) is 0 Å². The fraction of sp³-hybridized carbons (Fsp3) is 0.100. The van der Waals surface area contributed by atoms with Crippen molar-refractivity contribution in [3.8, 4) is 5.75 Å². The van der Waals surface area contributed by atoms with Crippen molar-refractivity contribution in [3.63, 3.8) is 0 Å². The molecule has 0 heterocycles. The molecule has 0 atom stereocenters. The number of amides is 1. The van der Waals surface area contributed by atoms with Crippen molar-refractivity contribution < 1.29 is 19.5 Å². The van der Waals surface area contributed by atoms with Crippen molar-refractivity contribution in [3.05, 3.63) is 29.8 Å². The second-order valence-electron chi connectivity index (χ2n) is 3.15.